The van der Waals surface area contributed by atoms with Gasteiger partial charge in [-0.2, -0.15) is 5.10 Å². The number of nitrogens with zero attached hydrogens (tertiary/aromatic N) is 4. The van der Waals surface area contributed by atoms with Gasteiger partial charge in [-0.1, -0.05) is 18.2 Å². The number of β-amino-alcohol motifs (C(OH)–C–C–N with tert-alkyl or cyclic N) is 1. The first-order valence-electron chi connectivity index (χ1n) is 8.51. The Balaban J connectivity index is 1.49. The summed E-state index contributed by atoms with van der Waals surface area (Å²) < 4.78 is 1.75. The summed E-state index contributed by atoms with van der Waals surface area (Å²) in [5.41, 5.74) is 2.25. The third-order valence-corrected chi connectivity index (χ3v) is 4.80. The van der Waals surface area contributed by atoms with E-state index in [4.69, 9.17) is 0 Å². The largest absolute Gasteiger partial charge is 0.391 e. The average molecular weight is 340 g/mol. The van der Waals surface area contributed by atoms with Gasteiger partial charge in [0, 0.05) is 13.1 Å². The van der Waals surface area contributed by atoms with Crippen molar-refractivity contribution in [2.75, 3.05) is 19.6 Å². The van der Waals surface area contributed by atoms with Gasteiger partial charge in [0.15, 0.2) is 0 Å². The smallest absolute Gasteiger partial charge is 0.258 e. The van der Waals surface area contributed by atoms with Crippen LogP contribution in [0.25, 0.3) is 5.69 Å². The molecule has 0 spiro atoms. The summed E-state index contributed by atoms with van der Waals surface area (Å²) in [4.78, 5) is 28.2. The molecule has 0 saturated carbocycles. The zero-order valence-corrected chi connectivity index (χ0v) is 13.8. The normalized spacial score (nSPS) is 20.0. The van der Waals surface area contributed by atoms with Crippen molar-refractivity contribution >= 4 is 11.8 Å². The molecule has 7 nitrogen and oxygen atoms in total. The first-order valence-corrected chi connectivity index (χ1v) is 8.51. The van der Waals surface area contributed by atoms with Crippen LogP contribution in [0.5, 0.6) is 0 Å². The molecular weight excluding hydrogens is 320 g/mol. The maximum Gasteiger partial charge on any atom is 0.258 e. The molecule has 1 N–H and O–H groups in total. The number of fused-ring (bicyclic) bond motifs is 1. The second-order valence-corrected chi connectivity index (χ2v) is 6.55. The molecule has 1 aromatic carbocycles. The summed E-state index contributed by atoms with van der Waals surface area (Å²) in [5, 5.41) is 14.0. The Hall–Kier alpha value is -2.67. The van der Waals surface area contributed by atoms with Gasteiger partial charge in [-0.05, 0) is 25.0 Å². The summed E-state index contributed by atoms with van der Waals surface area (Å²) in [5.74, 6) is -0.278. The first kappa shape index (κ1) is 15.8. The van der Waals surface area contributed by atoms with Gasteiger partial charge in [-0.3, -0.25) is 9.59 Å². The van der Waals surface area contributed by atoms with Crippen LogP contribution in [0.1, 0.15) is 28.9 Å². The molecule has 1 atom stereocenters. The highest BCUT2D eigenvalue weighted by Gasteiger charge is 2.34. The van der Waals surface area contributed by atoms with Crippen molar-refractivity contribution in [2.45, 2.75) is 25.5 Å². The molecule has 1 fully saturated rings. The van der Waals surface area contributed by atoms with Crippen molar-refractivity contribution < 1.29 is 14.7 Å². The number of hydrogen-bond acceptors (Lipinski definition) is 4. The second kappa shape index (κ2) is 6.33. The predicted octanol–water partition coefficient (Wildman–Crippen LogP) is 0.811. The molecule has 130 valence electrons. The number of piperidine rings is 1. The molecule has 3 heterocycles. The predicted molar refractivity (Wildman–Crippen MR) is 90.1 cm³/mol. The highest BCUT2D eigenvalue weighted by Crippen LogP contribution is 2.25. The van der Waals surface area contributed by atoms with Crippen LogP contribution >= 0.6 is 0 Å². The Labute approximate surface area is 145 Å². The highest BCUT2D eigenvalue weighted by molar-refractivity contribution is 5.99. The Bertz CT molecular complexity index is 802. The number of benzene rings is 1. The van der Waals surface area contributed by atoms with E-state index in [-0.39, 0.29) is 18.4 Å². The fraction of sp³-hybridized carbons (Fsp3) is 0.389. The zero-order chi connectivity index (χ0) is 17.4. The van der Waals surface area contributed by atoms with Gasteiger partial charge < -0.3 is 14.9 Å². The summed E-state index contributed by atoms with van der Waals surface area (Å²) >= 11 is 0. The standard InChI is InChI=1S/C18H20N4O3/c23-14-7-4-8-20(10-14)17(24)12-21-11-16-15(18(21)25)9-19-22(16)13-5-2-1-3-6-13/h1-3,5-6,9,14,23H,4,7-8,10-12H2/t14-/m1/s1. The SMILES string of the molecule is O=C(CN1Cc2c(cnn2-c2ccccc2)C1=O)N1CCC[C@@H](O)C1. The number of amides is 2. The van der Waals surface area contributed by atoms with Gasteiger partial charge in [0.1, 0.15) is 6.54 Å². The number of rotatable bonds is 3. The molecule has 2 amide bonds. The van der Waals surface area contributed by atoms with E-state index in [0.29, 0.717) is 25.2 Å². The van der Waals surface area contributed by atoms with E-state index in [9.17, 15) is 14.7 Å². The summed E-state index contributed by atoms with van der Waals surface area (Å²) in [7, 11) is 0. The second-order valence-electron chi connectivity index (χ2n) is 6.55. The monoisotopic (exact) mass is 340 g/mol. The van der Waals surface area contributed by atoms with Gasteiger partial charge in [-0.25, -0.2) is 4.68 Å². The van der Waals surface area contributed by atoms with E-state index in [1.54, 1.807) is 20.7 Å². The Morgan fingerprint density at radius 3 is 2.84 bits per heavy atom. The lowest BCUT2D eigenvalue weighted by molar-refractivity contribution is -0.135. The van der Waals surface area contributed by atoms with E-state index in [1.807, 2.05) is 30.3 Å². The summed E-state index contributed by atoms with van der Waals surface area (Å²) in [6, 6.07) is 9.63. The highest BCUT2D eigenvalue weighted by atomic mass is 16.3. The fourth-order valence-electron chi connectivity index (χ4n) is 3.49. The molecule has 1 saturated heterocycles. The topological polar surface area (TPSA) is 78.7 Å². The molecule has 0 bridgehead atoms. The number of carbonyl (C=O) groups is 2. The number of hydrogen-bond donors (Lipinski definition) is 1. The van der Waals surface area contributed by atoms with Crippen molar-refractivity contribution in [2.24, 2.45) is 0 Å². The number of carbonyl (C=O) groups excluding carboxylic acids is 2. The summed E-state index contributed by atoms with van der Waals surface area (Å²) in [6.07, 6.45) is 2.63. The minimum Gasteiger partial charge on any atom is -0.391 e. The van der Waals surface area contributed by atoms with Gasteiger partial charge in [0.25, 0.3) is 5.91 Å². The molecule has 1 aromatic heterocycles. The van der Waals surface area contributed by atoms with Crippen LogP contribution < -0.4 is 0 Å². The van der Waals surface area contributed by atoms with Crippen LogP contribution in [-0.2, 0) is 11.3 Å². The quantitative estimate of drug-likeness (QED) is 0.897. The van der Waals surface area contributed by atoms with Crippen molar-refractivity contribution in [1.82, 2.24) is 19.6 Å². The van der Waals surface area contributed by atoms with Gasteiger partial charge in [0.2, 0.25) is 5.91 Å². The number of aliphatic hydroxyl groups is 1. The van der Waals surface area contributed by atoms with Crippen LogP contribution in [0.3, 0.4) is 0 Å². The van der Waals surface area contributed by atoms with E-state index >= 15 is 0 Å². The molecule has 7 heteroatoms. The average Bonchev–Trinajstić information content (AvgIpc) is 3.16. The lowest BCUT2D eigenvalue weighted by atomic mass is 10.1. The minimum absolute atomic E-state index is 0.0367. The first-order chi connectivity index (χ1) is 12.1. The summed E-state index contributed by atoms with van der Waals surface area (Å²) in [6.45, 7) is 1.40. The van der Waals surface area contributed by atoms with E-state index in [2.05, 4.69) is 5.10 Å². The van der Waals surface area contributed by atoms with Gasteiger partial charge >= 0.3 is 0 Å². The minimum atomic E-state index is -0.462. The van der Waals surface area contributed by atoms with Crippen molar-refractivity contribution in [3.8, 4) is 5.69 Å². The molecule has 2 aliphatic heterocycles. The lowest BCUT2D eigenvalue weighted by Crippen LogP contribution is -2.46. The van der Waals surface area contributed by atoms with Crippen molar-refractivity contribution in [3.63, 3.8) is 0 Å². The maximum atomic E-state index is 12.6. The Kier molecular flexibility index (Phi) is 4.01. The Morgan fingerprint density at radius 1 is 1.28 bits per heavy atom. The van der Waals surface area contributed by atoms with Crippen LogP contribution in [0.2, 0.25) is 0 Å². The number of aliphatic hydroxyl groups excluding tert-OH is 1. The van der Waals surface area contributed by atoms with E-state index in [1.165, 1.54) is 0 Å². The van der Waals surface area contributed by atoms with Crippen LogP contribution in [-0.4, -0.2) is 62.2 Å². The number of para-hydroxylation sites is 1. The van der Waals surface area contributed by atoms with Crippen molar-refractivity contribution in [1.29, 1.82) is 0 Å². The molecule has 4 rings (SSSR count). The van der Waals surface area contributed by atoms with Crippen LogP contribution in [0.4, 0.5) is 0 Å². The fourth-order valence-corrected chi connectivity index (χ4v) is 3.49. The van der Waals surface area contributed by atoms with Gasteiger partial charge in [-0.15, -0.1) is 0 Å². The molecular formula is C18H20N4O3. The Morgan fingerprint density at radius 2 is 2.08 bits per heavy atom. The van der Waals surface area contributed by atoms with Crippen LogP contribution in [0, 0.1) is 0 Å². The lowest BCUT2D eigenvalue weighted by Gasteiger charge is -2.31. The molecule has 2 aliphatic rings. The number of likely N-dealkylation sites (tertiary alicyclic amines) is 1. The number of aromatic nitrogens is 2. The molecule has 0 unspecified atom stereocenters. The van der Waals surface area contributed by atoms with E-state index in [0.717, 1.165) is 24.2 Å². The molecule has 0 aliphatic carbocycles. The molecule has 0 radical (unpaired) electrons. The van der Waals surface area contributed by atoms with Crippen LogP contribution in [0.15, 0.2) is 36.5 Å². The van der Waals surface area contributed by atoms with E-state index < -0.39 is 6.10 Å². The van der Waals surface area contributed by atoms with Gasteiger partial charge in [0.05, 0.1) is 35.8 Å². The third kappa shape index (κ3) is 2.91. The van der Waals surface area contributed by atoms with Crippen molar-refractivity contribution in [3.05, 3.63) is 47.8 Å². The molecule has 25 heavy (non-hydrogen) atoms. The third-order valence-electron chi connectivity index (χ3n) is 4.80. The zero-order valence-electron chi connectivity index (χ0n) is 13.8. The maximum absolute atomic E-state index is 12.6. The molecule has 2 aromatic rings.